The van der Waals surface area contributed by atoms with Crippen molar-refractivity contribution in [3.8, 4) is 0 Å². The summed E-state index contributed by atoms with van der Waals surface area (Å²) >= 11 is 13.5. The van der Waals surface area contributed by atoms with Gasteiger partial charge in [-0.25, -0.2) is 4.98 Å². The molecule has 0 aliphatic carbocycles. The Labute approximate surface area is 189 Å². The van der Waals surface area contributed by atoms with E-state index in [-0.39, 0.29) is 23.6 Å². The lowest BCUT2D eigenvalue weighted by Crippen LogP contribution is -2.28. The lowest BCUT2D eigenvalue weighted by Gasteiger charge is -2.17. The molecule has 0 fully saturated rings. The number of imidazole rings is 1. The third kappa shape index (κ3) is 5.56. The van der Waals surface area contributed by atoms with Crippen molar-refractivity contribution >= 4 is 52.5 Å². The molecule has 3 rings (SSSR count). The van der Waals surface area contributed by atoms with Crippen LogP contribution in [0.5, 0.6) is 0 Å². The van der Waals surface area contributed by atoms with Crippen LogP contribution in [0.4, 0.5) is 5.69 Å². The Morgan fingerprint density at radius 1 is 1.20 bits per heavy atom. The summed E-state index contributed by atoms with van der Waals surface area (Å²) in [5.74, 6) is -0.365. The first-order valence-electron chi connectivity index (χ1n) is 9.10. The minimum atomic E-state index is -0.343. The van der Waals surface area contributed by atoms with Crippen molar-refractivity contribution in [3.05, 3.63) is 76.0 Å². The van der Waals surface area contributed by atoms with Gasteiger partial charge >= 0.3 is 0 Å². The molecule has 1 aromatic heterocycles. The van der Waals surface area contributed by atoms with E-state index in [1.165, 1.54) is 11.8 Å². The van der Waals surface area contributed by atoms with Gasteiger partial charge in [-0.3, -0.25) is 9.59 Å². The first-order valence-corrected chi connectivity index (χ1v) is 10.8. The predicted molar refractivity (Wildman–Crippen MR) is 121 cm³/mol. The van der Waals surface area contributed by atoms with Crippen molar-refractivity contribution in [1.29, 1.82) is 0 Å². The fourth-order valence-corrected chi connectivity index (χ4v) is 4.11. The SMILES string of the molecule is C[C@@H](NC(=O)c1ccccc1NC(=O)CSc1nccn1C)c1ccc(Cl)cc1Cl. The number of carbonyl (C=O) groups excluding carboxylic acids is 2. The highest BCUT2D eigenvalue weighted by atomic mass is 35.5. The van der Waals surface area contributed by atoms with Crippen molar-refractivity contribution in [2.45, 2.75) is 18.1 Å². The number of anilines is 1. The minimum absolute atomic E-state index is 0.178. The third-order valence-electron chi connectivity index (χ3n) is 4.33. The number of aryl methyl sites for hydroxylation is 1. The summed E-state index contributed by atoms with van der Waals surface area (Å²) in [5.41, 5.74) is 1.56. The Bertz CT molecular complexity index is 1070. The fraction of sp³-hybridized carbons (Fsp3) is 0.190. The van der Waals surface area contributed by atoms with Gasteiger partial charge in [-0.1, -0.05) is 53.2 Å². The highest BCUT2D eigenvalue weighted by Crippen LogP contribution is 2.27. The standard InChI is InChI=1S/C21H20Cl2N4O2S/c1-13(15-8-7-14(22)11-17(15)23)25-20(29)16-5-3-4-6-18(16)26-19(28)12-30-21-24-9-10-27(21)2/h3-11,13H,12H2,1-2H3,(H,25,29)(H,26,28)/t13-/m1/s1. The molecule has 0 aliphatic rings. The van der Waals surface area contributed by atoms with Crippen LogP contribution in [-0.2, 0) is 11.8 Å². The summed E-state index contributed by atoms with van der Waals surface area (Å²) in [5, 5.41) is 7.46. The van der Waals surface area contributed by atoms with Crippen LogP contribution < -0.4 is 10.6 Å². The number of thioether (sulfide) groups is 1. The number of para-hydroxylation sites is 1. The van der Waals surface area contributed by atoms with Crippen LogP contribution in [0.1, 0.15) is 28.9 Å². The largest absolute Gasteiger partial charge is 0.345 e. The summed E-state index contributed by atoms with van der Waals surface area (Å²) in [6.07, 6.45) is 3.49. The lowest BCUT2D eigenvalue weighted by atomic mass is 10.1. The van der Waals surface area contributed by atoms with E-state index in [1.807, 2.05) is 24.7 Å². The first kappa shape index (κ1) is 22.2. The molecule has 2 aromatic carbocycles. The summed E-state index contributed by atoms with van der Waals surface area (Å²) in [7, 11) is 1.86. The molecule has 156 valence electrons. The zero-order valence-corrected chi connectivity index (χ0v) is 18.7. The number of hydrogen-bond donors (Lipinski definition) is 2. The van der Waals surface area contributed by atoms with E-state index in [9.17, 15) is 9.59 Å². The maximum Gasteiger partial charge on any atom is 0.253 e. The second-order valence-corrected chi connectivity index (χ2v) is 8.35. The number of hydrogen-bond acceptors (Lipinski definition) is 4. The predicted octanol–water partition coefficient (Wildman–Crippen LogP) is 4.95. The van der Waals surface area contributed by atoms with Crippen LogP contribution >= 0.6 is 35.0 Å². The second-order valence-electron chi connectivity index (χ2n) is 6.56. The van der Waals surface area contributed by atoms with Gasteiger partial charge in [0.05, 0.1) is 23.0 Å². The van der Waals surface area contributed by atoms with Gasteiger partial charge in [-0.2, -0.15) is 0 Å². The molecule has 1 heterocycles. The number of carbonyl (C=O) groups is 2. The zero-order chi connectivity index (χ0) is 21.7. The van der Waals surface area contributed by atoms with E-state index in [2.05, 4.69) is 15.6 Å². The van der Waals surface area contributed by atoms with Gasteiger partial charge in [0.25, 0.3) is 5.91 Å². The molecule has 2 amide bonds. The topological polar surface area (TPSA) is 76.0 Å². The van der Waals surface area contributed by atoms with E-state index < -0.39 is 0 Å². The molecule has 0 unspecified atom stereocenters. The average molecular weight is 463 g/mol. The number of amides is 2. The number of nitrogens with one attached hydrogen (secondary N) is 2. The van der Waals surface area contributed by atoms with Crippen molar-refractivity contribution < 1.29 is 9.59 Å². The molecule has 30 heavy (non-hydrogen) atoms. The van der Waals surface area contributed by atoms with Crippen LogP contribution in [0.15, 0.2) is 60.0 Å². The van der Waals surface area contributed by atoms with Crippen molar-refractivity contribution in [1.82, 2.24) is 14.9 Å². The van der Waals surface area contributed by atoms with Gasteiger partial charge in [0.15, 0.2) is 5.16 Å². The molecular formula is C21H20Cl2N4O2S. The molecule has 0 saturated carbocycles. The summed E-state index contributed by atoms with van der Waals surface area (Å²) in [6, 6.07) is 11.6. The van der Waals surface area contributed by atoms with Gasteiger partial charge in [-0.05, 0) is 36.8 Å². The fourth-order valence-electron chi connectivity index (χ4n) is 2.80. The molecule has 9 heteroatoms. The second kappa shape index (κ2) is 10.0. The Balaban J connectivity index is 1.67. The van der Waals surface area contributed by atoms with Gasteiger partial charge in [0.1, 0.15) is 0 Å². The molecule has 0 radical (unpaired) electrons. The first-order chi connectivity index (χ1) is 14.3. The number of benzene rings is 2. The number of nitrogens with zero attached hydrogens (tertiary/aromatic N) is 2. The number of rotatable bonds is 7. The van der Waals surface area contributed by atoms with E-state index >= 15 is 0 Å². The molecular weight excluding hydrogens is 443 g/mol. The Kier molecular flexibility index (Phi) is 7.42. The highest BCUT2D eigenvalue weighted by molar-refractivity contribution is 7.99. The zero-order valence-electron chi connectivity index (χ0n) is 16.4. The van der Waals surface area contributed by atoms with Gasteiger partial charge in [0, 0.05) is 29.5 Å². The van der Waals surface area contributed by atoms with Crippen molar-refractivity contribution in [3.63, 3.8) is 0 Å². The Morgan fingerprint density at radius 2 is 1.97 bits per heavy atom. The van der Waals surface area contributed by atoms with Crippen LogP contribution in [0.3, 0.4) is 0 Å². The summed E-state index contributed by atoms with van der Waals surface area (Å²) < 4.78 is 1.84. The lowest BCUT2D eigenvalue weighted by molar-refractivity contribution is -0.113. The van der Waals surface area contributed by atoms with E-state index in [1.54, 1.807) is 48.7 Å². The van der Waals surface area contributed by atoms with E-state index in [0.29, 0.717) is 21.3 Å². The Morgan fingerprint density at radius 3 is 2.67 bits per heavy atom. The number of halogens is 2. The Hall–Kier alpha value is -2.48. The maximum atomic E-state index is 12.8. The quantitative estimate of drug-likeness (QED) is 0.487. The maximum absolute atomic E-state index is 12.8. The van der Waals surface area contributed by atoms with Crippen LogP contribution in [0, 0.1) is 0 Å². The monoisotopic (exact) mass is 462 g/mol. The highest BCUT2D eigenvalue weighted by Gasteiger charge is 2.18. The smallest absolute Gasteiger partial charge is 0.253 e. The average Bonchev–Trinajstić information content (AvgIpc) is 3.11. The molecule has 0 saturated heterocycles. The normalized spacial score (nSPS) is 11.7. The number of aromatic nitrogens is 2. The van der Waals surface area contributed by atoms with Crippen molar-refractivity contribution in [2.75, 3.05) is 11.1 Å². The van der Waals surface area contributed by atoms with E-state index in [4.69, 9.17) is 23.2 Å². The van der Waals surface area contributed by atoms with Crippen LogP contribution in [-0.4, -0.2) is 27.1 Å². The minimum Gasteiger partial charge on any atom is -0.345 e. The molecule has 0 bridgehead atoms. The molecule has 2 N–H and O–H groups in total. The molecule has 0 aliphatic heterocycles. The van der Waals surface area contributed by atoms with Crippen molar-refractivity contribution in [2.24, 2.45) is 7.05 Å². The summed E-state index contributed by atoms with van der Waals surface area (Å²) in [4.78, 5) is 29.4. The van der Waals surface area contributed by atoms with Gasteiger partial charge < -0.3 is 15.2 Å². The molecule has 6 nitrogen and oxygen atoms in total. The van der Waals surface area contributed by atoms with Gasteiger partial charge in [-0.15, -0.1) is 0 Å². The molecule has 3 aromatic rings. The van der Waals surface area contributed by atoms with Crippen LogP contribution in [0.25, 0.3) is 0 Å². The molecule has 0 spiro atoms. The summed E-state index contributed by atoms with van der Waals surface area (Å²) in [6.45, 7) is 1.83. The van der Waals surface area contributed by atoms with E-state index in [0.717, 1.165) is 10.7 Å². The van der Waals surface area contributed by atoms with Gasteiger partial charge in [0.2, 0.25) is 5.91 Å². The van der Waals surface area contributed by atoms with Crippen LogP contribution in [0.2, 0.25) is 10.0 Å². The third-order valence-corrected chi connectivity index (χ3v) is 5.95. The molecule has 1 atom stereocenters.